The maximum Gasteiger partial charge on any atom is 0.215 e. The van der Waals surface area contributed by atoms with Crippen molar-refractivity contribution in [1.82, 2.24) is 15.0 Å². The van der Waals surface area contributed by atoms with Crippen molar-refractivity contribution in [3.63, 3.8) is 0 Å². The molecule has 0 spiro atoms. The van der Waals surface area contributed by atoms with Crippen molar-refractivity contribution >= 4 is 29.2 Å². The van der Waals surface area contributed by atoms with Crippen molar-refractivity contribution in [2.75, 3.05) is 37.7 Å². The topological polar surface area (TPSA) is 115 Å². The van der Waals surface area contributed by atoms with Gasteiger partial charge in [0.1, 0.15) is 5.82 Å². The van der Waals surface area contributed by atoms with Crippen LogP contribution in [0.25, 0.3) is 11.2 Å². The number of aromatic nitrogens is 3. The van der Waals surface area contributed by atoms with E-state index in [0.29, 0.717) is 36.8 Å². The van der Waals surface area contributed by atoms with Crippen LogP contribution in [0.5, 0.6) is 0 Å². The van der Waals surface area contributed by atoms with E-state index in [4.69, 9.17) is 14.9 Å². The normalized spacial score (nSPS) is 22.1. The van der Waals surface area contributed by atoms with E-state index < -0.39 is 0 Å². The quantitative estimate of drug-likeness (QED) is 0.826. The van der Waals surface area contributed by atoms with Gasteiger partial charge in [-0.1, -0.05) is 0 Å². The monoisotopic (exact) mass is 301 g/mol. The number of rotatable bonds is 2. The maximum absolute atomic E-state index is 5.56. The lowest BCUT2D eigenvalue weighted by Crippen LogP contribution is -2.37. The number of guanidine groups is 1. The van der Waals surface area contributed by atoms with E-state index in [9.17, 15) is 0 Å². The zero-order valence-electron chi connectivity index (χ0n) is 11.8. The van der Waals surface area contributed by atoms with Gasteiger partial charge in [-0.05, 0) is 0 Å². The first-order valence-corrected chi connectivity index (χ1v) is 7.09. The van der Waals surface area contributed by atoms with Crippen LogP contribution in [-0.2, 0) is 4.74 Å². The van der Waals surface area contributed by atoms with E-state index >= 15 is 0 Å². The van der Waals surface area contributed by atoms with Crippen LogP contribution in [-0.4, -0.2) is 60.0 Å². The van der Waals surface area contributed by atoms with Gasteiger partial charge in [-0.3, -0.25) is 4.99 Å². The highest BCUT2D eigenvalue weighted by Crippen LogP contribution is 2.26. The summed E-state index contributed by atoms with van der Waals surface area (Å²) in [6, 6.07) is 0. The fraction of sp³-hybridized carbons (Fsp3) is 0.462. The number of anilines is 1. The minimum absolute atomic E-state index is 0.104. The van der Waals surface area contributed by atoms with Crippen molar-refractivity contribution in [3.8, 4) is 0 Å². The van der Waals surface area contributed by atoms with Gasteiger partial charge in [-0.2, -0.15) is 4.98 Å². The second kappa shape index (κ2) is 5.34. The van der Waals surface area contributed by atoms with E-state index in [1.165, 1.54) is 6.39 Å². The van der Waals surface area contributed by atoms with Crippen LogP contribution in [0, 0.1) is 0 Å². The lowest BCUT2D eigenvalue weighted by Gasteiger charge is -2.28. The first kappa shape index (κ1) is 13.1. The summed E-state index contributed by atoms with van der Waals surface area (Å²) in [4.78, 5) is 23.6. The van der Waals surface area contributed by atoms with Crippen LogP contribution in [0.15, 0.2) is 20.8 Å². The van der Waals surface area contributed by atoms with E-state index in [0.717, 1.165) is 18.9 Å². The highest BCUT2D eigenvalue weighted by Gasteiger charge is 2.23. The Morgan fingerprint density at radius 3 is 2.86 bits per heavy atom. The van der Waals surface area contributed by atoms with Crippen LogP contribution >= 0.6 is 0 Å². The van der Waals surface area contributed by atoms with Crippen LogP contribution in [0.3, 0.4) is 0 Å². The molecule has 2 aliphatic rings. The van der Waals surface area contributed by atoms with E-state index in [1.54, 1.807) is 6.21 Å². The molecule has 2 N–H and O–H groups in total. The fourth-order valence-electron chi connectivity index (χ4n) is 2.52. The zero-order valence-corrected chi connectivity index (χ0v) is 11.8. The summed E-state index contributed by atoms with van der Waals surface area (Å²) < 4.78 is 10.9. The van der Waals surface area contributed by atoms with Crippen LogP contribution in [0.4, 0.5) is 5.82 Å². The molecule has 22 heavy (non-hydrogen) atoms. The molecule has 9 nitrogen and oxygen atoms in total. The Morgan fingerprint density at radius 1 is 1.23 bits per heavy atom. The maximum atomic E-state index is 5.56. The molecule has 0 aromatic carbocycles. The molecule has 0 aliphatic carbocycles. The smallest absolute Gasteiger partial charge is 0.215 e. The highest BCUT2D eigenvalue weighted by molar-refractivity contribution is 5.90. The first-order chi connectivity index (χ1) is 10.8. The average molecular weight is 301 g/mol. The number of morpholine rings is 1. The van der Waals surface area contributed by atoms with Gasteiger partial charge in [0.2, 0.25) is 17.2 Å². The number of nitrogens with zero attached hydrogens (tertiary/aromatic N) is 6. The molecule has 0 saturated carbocycles. The molecule has 1 saturated heterocycles. The van der Waals surface area contributed by atoms with Gasteiger partial charge < -0.3 is 19.8 Å². The van der Waals surface area contributed by atoms with Crippen molar-refractivity contribution in [2.24, 2.45) is 15.7 Å². The Morgan fingerprint density at radius 2 is 2.09 bits per heavy atom. The van der Waals surface area contributed by atoms with Gasteiger partial charge >= 0.3 is 0 Å². The molecule has 2 aromatic heterocycles. The van der Waals surface area contributed by atoms with E-state index in [-0.39, 0.29) is 11.9 Å². The van der Waals surface area contributed by atoms with Gasteiger partial charge in [-0.25, -0.2) is 15.0 Å². The molecule has 1 fully saturated rings. The number of hydrogen-bond donors (Lipinski definition) is 1. The average Bonchev–Trinajstić information content (AvgIpc) is 3.04. The molecule has 0 radical (unpaired) electrons. The molecular weight excluding hydrogens is 286 g/mol. The molecule has 4 rings (SSSR count). The summed E-state index contributed by atoms with van der Waals surface area (Å²) in [7, 11) is 0. The zero-order chi connectivity index (χ0) is 14.9. The summed E-state index contributed by atoms with van der Waals surface area (Å²) in [5.41, 5.74) is 6.70. The number of ether oxygens (including phenoxy) is 1. The largest absolute Gasteiger partial charge is 0.438 e. The van der Waals surface area contributed by atoms with Crippen molar-refractivity contribution < 1.29 is 9.15 Å². The Kier molecular flexibility index (Phi) is 3.19. The summed E-state index contributed by atoms with van der Waals surface area (Å²) in [6.07, 6.45) is 3.12. The Labute approximate surface area is 125 Å². The van der Waals surface area contributed by atoms with Gasteiger partial charge in [0.25, 0.3) is 0 Å². The molecule has 2 aliphatic heterocycles. The Balaban J connectivity index is 1.75. The van der Waals surface area contributed by atoms with Crippen molar-refractivity contribution in [2.45, 2.75) is 5.92 Å². The third-order valence-corrected chi connectivity index (χ3v) is 3.67. The standard InChI is InChI=1S/C13H15N7O2/c14-13-15-5-8(6-16-13)10-18-11-9(22-7-17-11)12(19-10)20-1-3-21-4-2-20/h5,7-8H,1-4,6H2,(H2,14,16). The Bertz CT molecular complexity index is 748. The Hall–Kier alpha value is -2.55. The second-order valence-corrected chi connectivity index (χ2v) is 5.09. The number of hydrogen-bond acceptors (Lipinski definition) is 9. The number of oxazole rings is 1. The molecule has 1 unspecified atom stereocenters. The molecule has 4 heterocycles. The summed E-state index contributed by atoms with van der Waals surface area (Å²) in [5.74, 6) is 1.56. The SMILES string of the molecule is NC1=NCC(c2nc(N3CCOCC3)c3ocnc3n2)C=N1. The van der Waals surface area contributed by atoms with Gasteiger partial charge in [0.05, 0.1) is 25.7 Å². The van der Waals surface area contributed by atoms with E-state index in [1.807, 2.05) is 0 Å². The summed E-state index contributed by atoms with van der Waals surface area (Å²) in [5, 5.41) is 0. The number of nitrogens with two attached hydrogens (primary N) is 1. The number of aliphatic imine (C=N–C) groups is 2. The predicted octanol–water partition coefficient (Wildman–Crippen LogP) is -0.0629. The molecule has 1 atom stereocenters. The summed E-state index contributed by atoms with van der Waals surface area (Å²) in [6.45, 7) is 3.34. The summed E-state index contributed by atoms with van der Waals surface area (Å²) >= 11 is 0. The minimum atomic E-state index is -0.104. The van der Waals surface area contributed by atoms with Crippen molar-refractivity contribution in [1.29, 1.82) is 0 Å². The molecule has 2 aromatic rings. The first-order valence-electron chi connectivity index (χ1n) is 7.09. The van der Waals surface area contributed by atoms with Gasteiger partial charge in [0.15, 0.2) is 12.2 Å². The highest BCUT2D eigenvalue weighted by atomic mass is 16.5. The predicted molar refractivity (Wildman–Crippen MR) is 80.4 cm³/mol. The van der Waals surface area contributed by atoms with Crippen LogP contribution in [0.2, 0.25) is 0 Å². The third-order valence-electron chi connectivity index (χ3n) is 3.67. The molecular formula is C13H15N7O2. The minimum Gasteiger partial charge on any atom is -0.438 e. The lowest BCUT2D eigenvalue weighted by molar-refractivity contribution is 0.122. The second-order valence-electron chi connectivity index (χ2n) is 5.09. The van der Waals surface area contributed by atoms with E-state index in [2.05, 4.69) is 29.8 Å². The lowest BCUT2D eigenvalue weighted by atomic mass is 10.1. The number of fused-ring (bicyclic) bond motifs is 1. The fourth-order valence-corrected chi connectivity index (χ4v) is 2.52. The molecule has 114 valence electrons. The molecule has 0 amide bonds. The third kappa shape index (κ3) is 2.29. The van der Waals surface area contributed by atoms with Crippen LogP contribution < -0.4 is 10.6 Å². The molecule has 9 heteroatoms. The van der Waals surface area contributed by atoms with Gasteiger partial charge in [0, 0.05) is 19.3 Å². The van der Waals surface area contributed by atoms with Crippen molar-refractivity contribution in [3.05, 3.63) is 12.2 Å². The van der Waals surface area contributed by atoms with Gasteiger partial charge in [-0.15, -0.1) is 0 Å². The van der Waals surface area contributed by atoms with Crippen LogP contribution in [0.1, 0.15) is 11.7 Å². The molecule has 0 bridgehead atoms.